The van der Waals surface area contributed by atoms with E-state index < -0.39 is 0 Å². The average molecular weight is 373 g/mol. The number of hydrogen-bond acceptors (Lipinski definition) is 1. The molecule has 0 aliphatic heterocycles. The Hall–Kier alpha value is 0.390. The molecular weight excluding hydrogens is 366 g/mol. The normalized spacial score (nSPS) is 10.2. The molecule has 0 unspecified atom stereocenters. The molecule has 0 fully saturated rings. The van der Waals surface area contributed by atoms with E-state index in [0.29, 0.717) is 5.56 Å². The molecule has 0 aliphatic carbocycles. The van der Waals surface area contributed by atoms with Crippen LogP contribution in [0.1, 0.15) is 15.9 Å². The van der Waals surface area contributed by atoms with Crippen LogP contribution in [0, 0.1) is 10.5 Å². The minimum absolute atomic E-state index is 0.0320. The predicted octanol–water partition coefficient (Wildman–Crippen LogP) is 3.78. The largest absolute Gasteiger partial charge is 0.293 e. The van der Waals surface area contributed by atoms with Gasteiger partial charge in [-0.2, -0.15) is 0 Å². The summed E-state index contributed by atoms with van der Waals surface area (Å²) in [5, 5.41) is 0. The second-order valence-corrected chi connectivity index (χ2v) is 4.90. The first kappa shape index (κ1) is 11.5. The van der Waals surface area contributed by atoms with E-state index in [2.05, 4.69) is 38.5 Å². The molecule has 70 valence electrons. The van der Waals surface area contributed by atoms with Crippen molar-refractivity contribution in [1.82, 2.24) is 0 Å². The highest BCUT2D eigenvalue weighted by Gasteiger charge is 2.11. The van der Waals surface area contributed by atoms with E-state index in [1.165, 1.54) is 0 Å². The number of Topliss-reactive ketones (excluding diaryl/α,β-unsaturated/α-hetero) is 1. The standard InChI is InChI=1S/C9H7BrClIO/c1-5-2-6(10)3-7(9(5)12)8(13)4-11/h2-3H,4H2,1H3. The number of aryl methyl sites for hydroxylation is 1. The Balaban J connectivity index is 3.28. The number of benzene rings is 1. The zero-order valence-electron chi connectivity index (χ0n) is 6.90. The number of carbonyl (C=O) groups is 1. The Morgan fingerprint density at radius 1 is 1.62 bits per heavy atom. The van der Waals surface area contributed by atoms with Gasteiger partial charge in [0.05, 0.1) is 5.88 Å². The monoisotopic (exact) mass is 372 g/mol. The molecule has 13 heavy (non-hydrogen) atoms. The number of ketones is 1. The molecule has 1 aromatic rings. The fourth-order valence-electron chi connectivity index (χ4n) is 1.00. The zero-order valence-corrected chi connectivity index (χ0v) is 11.4. The first-order valence-corrected chi connectivity index (χ1v) is 6.01. The van der Waals surface area contributed by atoms with E-state index in [4.69, 9.17) is 11.6 Å². The molecule has 0 aromatic heterocycles. The van der Waals surface area contributed by atoms with E-state index in [-0.39, 0.29) is 11.7 Å². The topological polar surface area (TPSA) is 17.1 Å². The molecule has 0 heterocycles. The third-order valence-electron chi connectivity index (χ3n) is 1.64. The van der Waals surface area contributed by atoms with Gasteiger partial charge in [0, 0.05) is 13.6 Å². The van der Waals surface area contributed by atoms with Crippen molar-refractivity contribution in [3.63, 3.8) is 0 Å². The van der Waals surface area contributed by atoms with E-state index in [1.54, 1.807) is 6.07 Å². The van der Waals surface area contributed by atoms with Crippen molar-refractivity contribution in [2.45, 2.75) is 6.92 Å². The van der Waals surface area contributed by atoms with Crippen LogP contribution in [-0.4, -0.2) is 11.7 Å². The van der Waals surface area contributed by atoms with Gasteiger partial charge in [-0.3, -0.25) is 4.79 Å². The van der Waals surface area contributed by atoms with Gasteiger partial charge < -0.3 is 0 Å². The molecule has 4 heteroatoms. The Bertz CT molecular complexity index is 352. The fourth-order valence-corrected chi connectivity index (χ4v) is 2.33. The molecule has 0 aliphatic rings. The maximum atomic E-state index is 11.4. The van der Waals surface area contributed by atoms with Crippen LogP contribution in [0.5, 0.6) is 0 Å². The Labute approximate surface area is 104 Å². The Morgan fingerprint density at radius 2 is 2.23 bits per heavy atom. The summed E-state index contributed by atoms with van der Waals surface area (Å²) in [5.74, 6) is 0.00165. The van der Waals surface area contributed by atoms with Gasteiger partial charge >= 0.3 is 0 Å². The second kappa shape index (κ2) is 4.75. The number of carbonyl (C=O) groups excluding carboxylic acids is 1. The maximum absolute atomic E-state index is 11.4. The highest BCUT2D eigenvalue weighted by molar-refractivity contribution is 14.1. The smallest absolute Gasteiger partial charge is 0.178 e. The van der Waals surface area contributed by atoms with Gasteiger partial charge in [0.1, 0.15) is 0 Å². The summed E-state index contributed by atoms with van der Waals surface area (Å²) in [6.45, 7) is 1.97. The lowest BCUT2D eigenvalue weighted by atomic mass is 10.1. The first-order chi connectivity index (χ1) is 6.06. The molecule has 1 nitrogen and oxygen atoms in total. The molecular formula is C9H7BrClIO. The number of rotatable bonds is 2. The van der Waals surface area contributed by atoms with Gasteiger partial charge in [0.25, 0.3) is 0 Å². The minimum atomic E-state index is -0.0320. The molecule has 0 radical (unpaired) electrons. The van der Waals surface area contributed by atoms with E-state index >= 15 is 0 Å². The van der Waals surface area contributed by atoms with Crippen LogP contribution in [0.25, 0.3) is 0 Å². The van der Waals surface area contributed by atoms with E-state index in [1.807, 2.05) is 13.0 Å². The van der Waals surface area contributed by atoms with Gasteiger partial charge in [-0.05, 0) is 47.2 Å². The lowest BCUT2D eigenvalue weighted by Crippen LogP contribution is -2.04. The summed E-state index contributed by atoms with van der Waals surface area (Å²) in [7, 11) is 0. The summed E-state index contributed by atoms with van der Waals surface area (Å²) in [6.07, 6.45) is 0. The van der Waals surface area contributed by atoms with Crippen LogP contribution in [0.3, 0.4) is 0 Å². The number of alkyl halides is 1. The summed E-state index contributed by atoms with van der Waals surface area (Å²) in [5.41, 5.74) is 1.78. The summed E-state index contributed by atoms with van der Waals surface area (Å²) in [6, 6.07) is 3.78. The van der Waals surface area contributed by atoms with Crippen LogP contribution >= 0.6 is 50.1 Å². The van der Waals surface area contributed by atoms with Crippen molar-refractivity contribution >= 4 is 55.9 Å². The number of halogens is 3. The Kier molecular flexibility index (Phi) is 4.19. The molecule has 0 bridgehead atoms. The maximum Gasteiger partial charge on any atom is 0.178 e. The fraction of sp³-hybridized carbons (Fsp3) is 0.222. The highest BCUT2D eigenvalue weighted by atomic mass is 127. The minimum Gasteiger partial charge on any atom is -0.293 e. The molecule has 0 N–H and O–H groups in total. The molecule has 0 spiro atoms. The average Bonchev–Trinajstić information content (AvgIpc) is 2.10. The van der Waals surface area contributed by atoms with Gasteiger partial charge in [-0.25, -0.2) is 0 Å². The van der Waals surface area contributed by atoms with Crippen molar-refractivity contribution in [2.24, 2.45) is 0 Å². The van der Waals surface area contributed by atoms with E-state index in [9.17, 15) is 4.79 Å². The molecule has 1 rings (SSSR count). The summed E-state index contributed by atoms with van der Waals surface area (Å²) in [4.78, 5) is 11.4. The molecule has 0 amide bonds. The molecule has 0 atom stereocenters. The van der Waals surface area contributed by atoms with Gasteiger partial charge in [-0.15, -0.1) is 11.6 Å². The number of hydrogen-bond donors (Lipinski definition) is 0. The summed E-state index contributed by atoms with van der Waals surface area (Å²) < 4.78 is 1.89. The Morgan fingerprint density at radius 3 is 2.77 bits per heavy atom. The van der Waals surface area contributed by atoms with Gasteiger partial charge in [0.2, 0.25) is 0 Å². The predicted molar refractivity (Wildman–Crippen MR) is 66.6 cm³/mol. The van der Waals surface area contributed by atoms with Gasteiger partial charge in [-0.1, -0.05) is 15.9 Å². The third kappa shape index (κ3) is 2.67. The lowest BCUT2D eigenvalue weighted by Gasteiger charge is -2.05. The zero-order chi connectivity index (χ0) is 10.0. The summed E-state index contributed by atoms with van der Waals surface area (Å²) >= 11 is 11.0. The van der Waals surface area contributed by atoms with Crippen molar-refractivity contribution in [3.05, 3.63) is 31.3 Å². The quantitative estimate of drug-likeness (QED) is 0.438. The SMILES string of the molecule is Cc1cc(Br)cc(C(=O)CCl)c1I. The van der Waals surface area contributed by atoms with Crippen LogP contribution in [0.4, 0.5) is 0 Å². The lowest BCUT2D eigenvalue weighted by molar-refractivity contribution is 0.102. The molecule has 0 saturated heterocycles. The van der Waals surface area contributed by atoms with Crippen molar-refractivity contribution in [1.29, 1.82) is 0 Å². The first-order valence-electron chi connectivity index (χ1n) is 3.61. The van der Waals surface area contributed by atoms with Crippen LogP contribution in [0.15, 0.2) is 16.6 Å². The third-order valence-corrected chi connectivity index (χ3v) is 3.77. The van der Waals surface area contributed by atoms with Crippen LogP contribution in [0.2, 0.25) is 0 Å². The molecule has 0 saturated carbocycles. The van der Waals surface area contributed by atoms with Gasteiger partial charge in [0.15, 0.2) is 5.78 Å². The second-order valence-electron chi connectivity index (χ2n) is 2.64. The van der Waals surface area contributed by atoms with Crippen LogP contribution < -0.4 is 0 Å². The van der Waals surface area contributed by atoms with E-state index in [0.717, 1.165) is 13.6 Å². The highest BCUT2D eigenvalue weighted by Crippen LogP contribution is 2.23. The van der Waals surface area contributed by atoms with Crippen molar-refractivity contribution in [3.8, 4) is 0 Å². The van der Waals surface area contributed by atoms with Crippen molar-refractivity contribution in [2.75, 3.05) is 5.88 Å². The van der Waals surface area contributed by atoms with Crippen molar-refractivity contribution < 1.29 is 4.79 Å². The van der Waals surface area contributed by atoms with Crippen LogP contribution in [-0.2, 0) is 0 Å². The molecule has 1 aromatic carbocycles.